The lowest BCUT2D eigenvalue weighted by Crippen LogP contribution is -2.66. The van der Waals surface area contributed by atoms with E-state index >= 15 is 0 Å². The zero-order valence-corrected chi connectivity index (χ0v) is 24.4. The maximum absolute atomic E-state index is 14.4. The maximum Gasteiger partial charge on any atom is 0.312 e. The van der Waals surface area contributed by atoms with Crippen LogP contribution in [0, 0.1) is 56.8 Å². The summed E-state index contributed by atoms with van der Waals surface area (Å²) in [6.45, 7) is 20.2. The van der Waals surface area contributed by atoms with Crippen molar-refractivity contribution < 1.29 is 23.9 Å². The van der Waals surface area contributed by atoms with Gasteiger partial charge in [0.25, 0.3) is 0 Å². The predicted octanol–water partition coefficient (Wildman–Crippen LogP) is 5.20. The molecule has 3 saturated carbocycles. The average molecular weight is 535 g/mol. The molecule has 0 radical (unpaired) electrons. The number of hydrogen-bond acceptors (Lipinski definition) is 5. The van der Waals surface area contributed by atoms with E-state index in [9.17, 15) is 19.2 Å². The molecule has 3 fully saturated rings. The van der Waals surface area contributed by atoms with Gasteiger partial charge in [-0.05, 0) is 86.0 Å². The molecule has 8 atom stereocenters. The van der Waals surface area contributed by atoms with Crippen LogP contribution in [0.5, 0.6) is 0 Å². The molecule has 0 heterocycles. The fourth-order valence-electron chi connectivity index (χ4n) is 10.2. The normalized spacial score (nSPS) is 46.3. The van der Waals surface area contributed by atoms with E-state index in [2.05, 4.69) is 32.5 Å². The number of carbonyl (C=O) groups excluding carboxylic acids is 4. The van der Waals surface area contributed by atoms with Crippen LogP contribution in [0.3, 0.4) is 0 Å². The smallest absolute Gasteiger partial charge is 0.312 e. The first-order chi connectivity index (χ1) is 18.0. The minimum absolute atomic E-state index is 0.00948. The van der Waals surface area contributed by atoms with Crippen molar-refractivity contribution in [2.75, 3.05) is 7.11 Å². The highest BCUT2D eigenvalue weighted by molar-refractivity contribution is 6.15. The lowest BCUT2D eigenvalue weighted by atomic mass is 9.34. The molecular formula is C32H42N2O5. The Morgan fingerprint density at radius 3 is 2.26 bits per heavy atom. The molecule has 39 heavy (non-hydrogen) atoms. The lowest BCUT2D eigenvalue weighted by Gasteiger charge is -2.68. The van der Waals surface area contributed by atoms with Gasteiger partial charge in [0.1, 0.15) is 5.41 Å². The van der Waals surface area contributed by atoms with Crippen LogP contribution in [0.2, 0.25) is 0 Å². The predicted molar refractivity (Wildman–Crippen MR) is 145 cm³/mol. The maximum atomic E-state index is 14.4. The molecule has 5 rings (SSSR count). The number of hydrogen-bond donors (Lipinski definition) is 1. The van der Waals surface area contributed by atoms with Crippen molar-refractivity contribution in [3.8, 4) is 0 Å². The molecular weight excluding hydrogens is 492 g/mol. The van der Waals surface area contributed by atoms with Gasteiger partial charge in [-0.3, -0.25) is 14.4 Å². The number of ketones is 2. The summed E-state index contributed by atoms with van der Waals surface area (Å²) in [6, 6.07) is 0. The van der Waals surface area contributed by atoms with Crippen LogP contribution in [0.25, 0.3) is 4.85 Å². The number of ether oxygens (including phenoxy) is 1. The number of nitrogens with two attached hydrogens (primary N) is 1. The first kappa shape index (κ1) is 27.8. The van der Waals surface area contributed by atoms with E-state index in [1.807, 2.05) is 6.92 Å². The molecule has 2 N–H and O–H groups in total. The number of carbonyl (C=O) groups is 4. The molecule has 0 aromatic rings. The number of rotatable bonds is 2. The number of amides is 1. The Morgan fingerprint density at radius 1 is 1.03 bits per heavy atom. The molecule has 0 aromatic carbocycles. The van der Waals surface area contributed by atoms with Crippen molar-refractivity contribution in [2.45, 2.75) is 86.5 Å². The third-order valence-electron chi connectivity index (χ3n) is 12.7. The van der Waals surface area contributed by atoms with Gasteiger partial charge in [-0.1, -0.05) is 46.3 Å². The van der Waals surface area contributed by atoms with Gasteiger partial charge in [0.15, 0.2) is 11.6 Å². The van der Waals surface area contributed by atoms with Gasteiger partial charge in [-0.15, -0.1) is 0 Å². The molecule has 0 aromatic heterocycles. The van der Waals surface area contributed by atoms with Crippen LogP contribution in [-0.4, -0.2) is 30.6 Å². The standard InChI is InChI=1S/C32H42N2O5/c1-27(2)11-13-32(26(38)39-8)14-12-30(5)23(18(32)16-27)20(35)15-22-28(3)17-19(34-7)24(36)31(6,25(33)37)21(28)9-10-29(22,30)4/h15,17-18,21,23H,9-14,16H2,1-6,8H3,(H2,33,37)/t18-,21+,23-,28-,29+,30+,31-,32-/m0/s1. The van der Waals surface area contributed by atoms with Gasteiger partial charge in [-0.25, -0.2) is 4.85 Å². The van der Waals surface area contributed by atoms with Gasteiger partial charge in [0.2, 0.25) is 11.6 Å². The summed E-state index contributed by atoms with van der Waals surface area (Å²) in [5.74, 6) is -2.33. The van der Waals surface area contributed by atoms with Gasteiger partial charge in [0.05, 0.1) is 19.1 Å². The highest BCUT2D eigenvalue weighted by Crippen LogP contribution is 2.74. The first-order valence-corrected chi connectivity index (χ1v) is 14.3. The van der Waals surface area contributed by atoms with Gasteiger partial charge < -0.3 is 15.3 Å². The molecule has 7 nitrogen and oxygen atoms in total. The molecule has 5 aliphatic carbocycles. The molecule has 1 amide bonds. The lowest BCUT2D eigenvalue weighted by molar-refractivity contribution is -0.191. The summed E-state index contributed by atoms with van der Waals surface area (Å²) < 4.78 is 5.39. The minimum atomic E-state index is -1.52. The quantitative estimate of drug-likeness (QED) is 0.298. The van der Waals surface area contributed by atoms with Crippen LogP contribution in [0.15, 0.2) is 23.4 Å². The van der Waals surface area contributed by atoms with Crippen molar-refractivity contribution in [1.82, 2.24) is 0 Å². The van der Waals surface area contributed by atoms with E-state index in [1.165, 1.54) is 7.11 Å². The van der Waals surface area contributed by atoms with Crippen LogP contribution < -0.4 is 5.73 Å². The average Bonchev–Trinajstić information content (AvgIpc) is 2.86. The Hall–Kier alpha value is -2.75. The molecule has 0 aliphatic heterocycles. The monoisotopic (exact) mass is 534 g/mol. The van der Waals surface area contributed by atoms with E-state index in [4.69, 9.17) is 17.0 Å². The van der Waals surface area contributed by atoms with Gasteiger partial charge >= 0.3 is 5.97 Å². The van der Waals surface area contributed by atoms with Crippen molar-refractivity contribution in [2.24, 2.45) is 56.0 Å². The van der Waals surface area contributed by atoms with E-state index in [1.54, 1.807) is 19.1 Å². The Kier molecular flexibility index (Phi) is 5.81. The van der Waals surface area contributed by atoms with Crippen LogP contribution in [0.4, 0.5) is 0 Å². The van der Waals surface area contributed by atoms with Crippen LogP contribution in [-0.2, 0) is 23.9 Å². The van der Waals surface area contributed by atoms with Crippen molar-refractivity contribution in [1.29, 1.82) is 0 Å². The van der Waals surface area contributed by atoms with E-state index in [-0.39, 0.29) is 34.7 Å². The Balaban J connectivity index is 1.72. The number of primary amides is 1. The van der Waals surface area contributed by atoms with Crippen LogP contribution in [0.1, 0.15) is 86.5 Å². The largest absolute Gasteiger partial charge is 0.469 e. The van der Waals surface area contributed by atoms with Crippen molar-refractivity contribution in [3.63, 3.8) is 0 Å². The summed E-state index contributed by atoms with van der Waals surface area (Å²) in [6.07, 6.45) is 8.54. The zero-order chi connectivity index (χ0) is 29.0. The van der Waals surface area contributed by atoms with Crippen molar-refractivity contribution in [3.05, 3.63) is 34.8 Å². The van der Waals surface area contributed by atoms with E-state index in [0.29, 0.717) is 25.7 Å². The van der Waals surface area contributed by atoms with E-state index in [0.717, 1.165) is 24.8 Å². The Morgan fingerprint density at radius 2 is 1.67 bits per heavy atom. The van der Waals surface area contributed by atoms with Crippen LogP contribution >= 0.6 is 0 Å². The SMILES string of the molecule is [C-]#[N+]C1=C[C@]2(C)C3=CC(=O)[C@@H]4[C@@H]5CC(C)(C)CC[C@]5(C(=O)OC)CC[C@@]4(C)[C@]3(C)CC[C@H]2[C@](C)(C(N)=O)C1=O. The first-order valence-electron chi connectivity index (χ1n) is 14.3. The zero-order valence-electron chi connectivity index (χ0n) is 24.4. The third-order valence-corrected chi connectivity index (χ3v) is 12.7. The number of nitrogens with zero attached hydrogens (tertiary/aromatic N) is 1. The van der Waals surface area contributed by atoms with Gasteiger partial charge in [-0.2, -0.15) is 0 Å². The number of esters is 1. The summed E-state index contributed by atoms with van der Waals surface area (Å²) in [7, 11) is 1.45. The number of Topliss-reactive ketones (excluding diaryl/α,β-unsaturated/α-hetero) is 1. The highest BCUT2D eigenvalue weighted by Gasteiger charge is 2.71. The summed E-state index contributed by atoms with van der Waals surface area (Å²) in [5.41, 5.74) is 2.80. The molecule has 0 bridgehead atoms. The van der Waals surface area contributed by atoms with E-state index < -0.39 is 44.7 Å². The fourth-order valence-corrected chi connectivity index (χ4v) is 10.2. The Bertz CT molecular complexity index is 1300. The number of methoxy groups -OCH3 is 1. The number of fused-ring (bicyclic) bond motifs is 7. The molecule has 0 saturated heterocycles. The molecule has 210 valence electrons. The second-order valence-corrected chi connectivity index (χ2v) is 14.7. The summed E-state index contributed by atoms with van der Waals surface area (Å²) >= 11 is 0. The summed E-state index contributed by atoms with van der Waals surface area (Å²) in [4.78, 5) is 57.5. The number of allylic oxidation sites excluding steroid dienone is 4. The summed E-state index contributed by atoms with van der Waals surface area (Å²) in [5, 5.41) is 0. The highest BCUT2D eigenvalue weighted by atomic mass is 16.5. The minimum Gasteiger partial charge on any atom is -0.469 e. The Labute approximate surface area is 231 Å². The molecule has 5 aliphatic rings. The topological polar surface area (TPSA) is 108 Å². The molecule has 0 unspecified atom stereocenters. The third kappa shape index (κ3) is 3.21. The fraction of sp³-hybridized carbons (Fsp3) is 0.719. The second kappa shape index (κ2) is 8.15. The van der Waals surface area contributed by atoms with Crippen molar-refractivity contribution >= 4 is 23.4 Å². The molecule has 7 heteroatoms. The molecule has 0 spiro atoms. The van der Waals surface area contributed by atoms with Gasteiger partial charge in [0, 0.05) is 11.3 Å². The second-order valence-electron chi connectivity index (χ2n) is 14.7.